The van der Waals surface area contributed by atoms with Crippen LogP contribution in [0.3, 0.4) is 0 Å². The molecule has 0 N–H and O–H groups in total. The molecule has 0 saturated heterocycles. The van der Waals surface area contributed by atoms with Gasteiger partial charge in [0, 0.05) is 12.4 Å². The lowest BCUT2D eigenvalue weighted by atomic mass is 10.0. The molecule has 2 aromatic rings. The van der Waals surface area contributed by atoms with Gasteiger partial charge in [-0.1, -0.05) is 31.5 Å². The quantitative estimate of drug-likeness (QED) is 0.703. The molecule has 0 unspecified atom stereocenters. The minimum absolute atomic E-state index is 0.524. The molecule has 1 heterocycles. The highest BCUT2D eigenvalue weighted by molar-refractivity contribution is 6.34. The Morgan fingerprint density at radius 3 is 2.71 bits per heavy atom. The van der Waals surface area contributed by atoms with Crippen molar-refractivity contribution >= 4 is 22.5 Å². The summed E-state index contributed by atoms with van der Waals surface area (Å²) in [4.78, 5) is 0. The van der Waals surface area contributed by atoms with Crippen LogP contribution in [0.1, 0.15) is 25.3 Å². The van der Waals surface area contributed by atoms with E-state index in [1.165, 1.54) is 5.56 Å². The molecule has 0 saturated carbocycles. The zero-order valence-corrected chi connectivity index (χ0v) is 9.34. The van der Waals surface area contributed by atoms with Crippen molar-refractivity contribution in [2.75, 3.05) is 0 Å². The molecule has 0 aliphatic carbocycles. The highest BCUT2D eigenvalue weighted by Crippen LogP contribution is 2.26. The van der Waals surface area contributed by atoms with Gasteiger partial charge in [0.1, 0.15) is 0 Å². The summed E-state index contributed by atoms with van der Waals surface area (Å²) < 4.78 is 1.81. The first-order chi connectivity index (χ1) is 6.59. The molecular weight excluding hydrogens is 196 g/mol. The molecule has 1 aromatic carbocycles. The Morgan fingerprint density at radius 1 is 1.36 bits per heavy atom. The number of halogens is 1. The topological polar surface area (TPSA) is 17.8 Å². The van der Waals surface area contributed by atoms with Crippen LogP contribution in [0.25, 0.3) is 10.9 Å². The molecule has 0 radical (unpaired) electrons. The number of nitrogens with zero attached hydrogens (tertiary/aromatic N) is 2. The van der Waals surface area contributed by atoms with E-state index in [0.717, 1.165) is 10.9 Å². The molecule has 14 heavy (non-hydrogen) atoms. The molecule has 0 amide bonds. The maximum atomic E-state index is 6.02. The fourth-order valence-electron chi connectivity index (χ4n) is 1.60. The van der Waals surface area contributed by atoms with Gasteiger partial charge in [0.15, 0.2) is 5.15 Å². The highest BCUT2D eigenvalue weighted by Gasteiger charge is 2.08. The fourth-order valence-corrected chi connectivity index (χ4v) is 1.86. The molecule has 0 aliphatic heterocycles. The molecule has 0 aliphatic rings. The minimum Gasteiger partial charge on any atom is -0.266 e. The van der Waals surface area contributed by atoms with Crippen LogP contribution in [0.15, 0.2) is 18.2 Å². The number of rotatable bonds is 1. The summed E-state index contributed by atoms with van der Waals surface area (Å²) in [6.07, 6.45) is 0. The normalized spacial score (nSPS) is 11.5. The Hall–Kier alpha value is -1.02. The van der Waals surface area contributed by atoms with Crippen molar-refractivity contribution in [1.82, 2.24) is 9.78 Å². The Balaban J connectivity index is 2.71. The van der Waals surface area contributed by atoms with E-state index in [1.54, 1.807) is 0 Å². The Labute approximate surface area is 88.5 Å². The Bertz CT molecular complexity index is 471. The van der Waals surface area contributed by atoms with Gasteiger partial charge in [-0.2, -0.15) is 5.10 Å². The third kappa shape index (κ3) is 1.40. The number of hydrogen-bond acceptors (Lipinski definition) is 1. The van der Waals surface area contributed by atoms with Crippen LogP contribution in [0.5, 0.6) is 0 Å². The second-order valence-corrected chi connectivity index (χ2v) is 4.20. The average Bonchev–Trinajstić information content (AvgIpc) is 2.42. The van der Waals surface area contributed by atoms with Crippen molar-refractivity contribution in [1.29, 1.82) is 0 Å². The molecule has 74 valence electrons. The van der Waals surface area contributed by atoms with E-state index in [0.29, 0.717) is 11.1 Å². The second-order valence-electron chi connectivity index (χ2n) is 3.85. The van der Waals surface area contributed by atoms with E-state index in [9.17, 15) is 0 Å². The largest absolute Gasteiger partial charge is 0.266 e. The SMILES string of the molecule is CC(C)c1ccc2c(c1)c(Cl)nn2C. The summed E-state index contributed by atoms with van der Waals surface area (Å²) in [5, 5.41) is 5.80. The molecule has 2 rings (SSSR count). The monoisotopic (exact) mass is 208 g/mol. The maximum Gasteiger partial charge on any atom is 0.158 e. The van der Waals surface area contributed by atoms with Crippen molar-refractivity contribution < 1.29 is 0 Å². The maximum absolute atomic E-state index is 6.02. The smallest absolute Gasteiger partial charge is 0.158 e. The minimum atomic E-state index is 0.524. The molecule has 3 heteroatoms. The summed E-state index contributed by atoms with van der Waals surface area (Å²) in [6.45, 7) is 4.34. The zero-order chi connectivity index (χ0) is 10.3. The van der Waals surface area contributed by atoms with Crippen molar-refractivity contribution in [2.45, 2.75) is 19.8 Å². The van der Waals surface area contributed by atoms with Crippen molar-refractivity contribution in [3.63, 3.8) is 0 Å². The average molecular weight is 209 g/mol. The molecule has 2 nitrogen and oxygen atoms in total. The van der Waals surface area contributed by atoms with E-state index in [1.807, 2.05) is 11.7 Å². The van der Waals surface area contributed by atoms with Crippen molar-refractivity contribution in [2.24, 2.45) is 7.05 Å². The second kappa shape index (κ2) is 3.28. The predicted octanol–water partition coefficient (Wildman–Crippen LogP) is 3.35. The first-order valence-electron chi connectivity index (χ1n) is 4.71. The van der Waals surface area contributed by atoms with Crippen LogP contribution in [-0.2, 0) is 7.05 Å². The molecule has 0 bridgehead atoms. The van der Waals surface area contributed by atoms with Gasteiger partial charge < -0.3 is 0 Å². The van der Waals surface area contributed by atoms with Crippen molar-refractivity contribution in [3.05, 3.63) is 28.9 Å². The van der Waals surface area contributed by atoms with Gasteiger partial charge in [0.05, 0.1) is 5.52 Å². The van der Waals surface area contributed by atoms with E-state index in [-0.39, 0.29) is 0 Å². The molecule has 1 aromatic heterocycles. The van der Waals surface area contributed by atoms with Crippen LogP contribution in [0.4, 0.5) is 0 Å². The van der Waals surface area contributed by atoms with E-state index in [4.69, 9.17) is 11.6 Å². The number of benzene rings is 1. The van der Waals surface area contributed by atoms with Crippen LogP contribution < -0.4 is 0 Å². The van der Waals surface area contributed by atoms with Gasteiger partial charge in [-0.05, 0) is 23.6 Å². The third-order valence-electron chi connectivity index (χ3n) is 2.50. The Kier molecular flexibility index (Phi) is 2.23. The molecular formula is C11H13ClN2. The lowest BCUT2D eigenvalue weighted by Gasteiger charge is -2.04. The van der Waals surface area contributed by atoms with Gasteiger partial charge in [-0.3, -0.25) is 4.68 Å². The lowest BCUT2D eigenvalue weighted by Crippen LogP contribution is -1.90. The number of aromatic nitrogens is 2. The standard InChI is InChI=1S/C11H13ClN2/c1-7(2)8-4-5-10-9(6-8)11(12)13-14(10)3/h4-7H,1-3H3. The Morgan fingerprint density at radius 2 is 2.07 bits per heavy atom. The molecule has 0 fully saturated rings. The van der Waals surface area contributed by atoms with Gasteiger partial charge in [-0.15, -0.1) is 0 Å². The number of aryl methyl sites for hydroxylation is 1. The van der Waals surface area contributed by atoms with E-state index >= 15 is 0 Å². The number of fused-ring (bicyclic) bond motifs is 1. The summed E-state index contributed by atoms with van der Waals surface area (Å²) in [7, 11) is 1.91. The van der Waals surface area contributed by atoms with Crippen LogP contribution >= 0.6 is 11.6 Å². The highest BCUT2D eigenvalue weighted by atomic mass is 35.5. The summed E-state index contributed by atoms with van der Waals surface area (Å²) >= 11 is 6.02. The van der Waals surface area contributed by atoms with E-state index < -0.39 is 0 Å². The summed E-state index contributed by atoms with van der Waals surface area (Å²) in [5.41, 5.74) is 2.38. The van der Waals surface area contributed by atoms with Gasteiger partial charge in [0.25, 0.3) is 0 Å². The predicted molar refractivity (Wildman–Crippen MR) is 59.8 cm³/mol. The summed E-state index contributed by atoms with van der Waals surface area (Å²) in [6, 6.07) is 6.32. The van der Waals surface area contributed by atoms with Gasteiger partial charge in [0.2, 0.25) is 0 Å². The summed E-state index contributed by atoms with van der Waals surface area (Å²) in [5.74, 6) is 0.524. The third-order valence-corrected chi connectivity index (χ3v) is 2.78. The first-order valence-corrected chi connectivity index (χ1v) is 5.09. The van der Waals surface area contributed by atoms with Crippen LogP contribution in [-0.4, -0.2) is 9.78 Å². The van der Waals surface area contributed by atoms with Crippen LogP contribution in [0, 0.1) is 0 Å². The fraction of sp³-hybridized carbons (Fsp3) is 0.364. The van der Waals surface area contributed by atoms with Gasteiger partial charge >= 0.3 is 0 Å². The molecule has 0 atom stereocenters. The van der Waals surface area contributed by atoms with Crippen LogP contribution in [0.2, 0.25) is 5.15 Å². The van der Waals surface area contributed by atoms with Gasteiger partial charge in [-0.25, -0.2) is 0 Å². The van der Waals surface area contributed by atoms with Crippen molar-refractivity contribution in [3.8, 4) is 0 Å². The molecule has 0 spiro atoms. The van der Waals surface area contributed by atoms with E-state index in [2.05, 4.69) is 37.1 Å². The lowest BCUT2D eigenvalue weighted by molar-refractivity contribution is 0.797. The zero-order valence-electron chi connectivity index (χ0n) is 8.58. The first kappa shape index (κ1) is 9.53. The number of hydrogen-bond donors (Lipinski definition) is 0.